The van der Waals surface area contributed by atoms with Crippen molar-refractivity contribution in [3.05, 3.63) is 34.1 Å². The average molecular weight is 290 g/mol. The maximum Gasteiger partial charge on any atom is 0.303 e. The Labute approximate surface area is 102 Å². The number of benzene rings is 1. The predicted octanol–water partition coefficient (Wildman–Crippen LogP) is 2.32. The third-order valence-electron chi connectivity index (χ3n) is 2.23. The molecule has 1 aromatic rings. The van der Waals surface area contributed by atoms with Crippen LogP contribution < -0.4 is 5.73 Å². The highest BCUT2D eigenvalue weighted by atomic mass is 79.9. The lowest BCUT2D eigenvalue weighted by molar-refractivity contribution is -0.137. The molecule has 1 atom stereocenters. The van der Waals surface area contributed by atoms with Crippen LogP contribution >= 0.6 is 15.9 Å². The SMILES string of the molecule is NC(CCC(=O)O)Cc1ccc(Br)cc1F. The average Bonchev–Trinajstić information content (AvgIpc) is 2.19. The van der Waals surface area contributed by atoms with Crippen molar-refractivity contribution >= 4 is 21.9 Å². The van der Waals surface area contributed by atoms with Crippen molar-refractivity contribution in [2.75, 3.05) is 0 Å². The first-order valence-corrected chi connectivity index (χ1v) is 5.69. The van der Waals surface area contributed by atoms with Crippen molar-refractivity contribution in [2.24, 2.45) is 5.73 Å². The summed E-state index contributed by atoms with van der Waals surface area (Å²) in [5, 5.41) is 8.48. The molecule has 16 heavy (non-hydrogen) atoms. The van der Waals surface area contributed by atoms with Gasteiger partial charge in [0.25, 0.3) is 0 Å². The summed E-state index contributed by atoms with van der Waals surface area (Å²) in [4.78, 5) is 10.3. The summed E-state index contributed by atoms with van der Waals surface area (Å²) in [6, 6.07) is 4.44. The smallest absolute Gasteiger partial charge is 0.303 e. The Hall–Kier alpha value is -0.940. The molecule has 1 rings (SSSR count). The minimum absolute atomic E-state index is 0.0132. The van der Waals surface area contributed by atoms with Gasteiger partial charge in [0.05, 0.1) is 0 Å². The van der Waals surface area contributed by atoms with Gasteiger partial charge in [-0.25, -0.2) is 4.39 Å². The molecule has 3 N–H and O–H groups in total. The molecule has 0 fully saturated rings. The van der Waals surface area contributed by atoms with Gasteiger partial charge in [-0.15, -0.1) is 0 Å². The van der Waals surface area contributed by atoms with Gasteiger partial charge in [-0.3, -0.25) is 4.79 Å². The number of rotatable bonds is 5. The summed E-state index contributed by atoms with van der Waals surface area (Å²) >= 11 is 3.16. The molecule has 0 aliphatic carbocycles. The molecule has 0 radical (unpaired) electrons. The first-order valence-electron chi connectivity index (χ1n) is 4.90. The maximum atomic E-state index is 13.4. The van der Waals surface area contributed by atoms with Gasteiger partial charge in [0.2, 0.25) is 0 Å². The number of hydrogen-bond donors (Lipinski definition) is 2. The van der Waals surface area contributed by atoms with Gasteiger partial charge in [0.1, 0.15) is 5.82 Å². The van der Waals surface area contributed by atoms with Gasteiger partial charge >= 0.3 is 5.97 Å². The summed E-state index contributed by atoms with van der Waals surface area (Å²) in [6.07, 6.45) is 0.719. The molecule has 0 heterocycles. The summed E-state index contributed by atoms with van der Waals surface area (Å²) in [5.74, 6) is -1.20. The monoisotopic (exact) mass is 289 g/mol. The van der Waals surface area contributed by atoms with Crippen LogP contribution in [0.2, 0.25) is 0 Å². The van der Waals surface area contributed by atoms with Crippen molar-refractivity contribution in [1.29, 1.82) is 0 Å². The quantitative estimate of drug-likeness (QED) is 0.874. The second kappa shape index (κ2) is 5.96. The van der Waals surface area contributed by atoms with E-state index in [9.17, 15) is 9.18 Å². The molecule has 0 aliphatic rings. The van der Waals surface area contributed by atoms with E-state index in [1.807, 2.05) is 0 Å². The lowest BCUT2D eigenvalue weighted by Crippen LogP contribution is -2.24. The van der Waals surface area contributed by atoms with E-state index in [-0.39, 0.29) is 18.3 Å². The number of carboxylic acid groups (broad SMARTS) is 1. The van der Waals surface area contributed by atoms with E-state index in [4.69, 9.17) is 10.8 Å². The molecular formula is C11H13BrFNO2. The van der Waals surface area contributed by atoms with Crippen LogP contribution in [0.1, 0.15) is 18.4 Å². The van der Waals surface area contributed by atoms with E-state index < -0.39 is 5.97 Å². The molecular weight excluding hydrogens is 277 g/mol. The predicted molar refractivity (Wildman–Crippen MR) is 62.6 cm³/mol. The first kappa shape index (κ1) is 13.1. The fraction of sp³-hybridized carbons (Fsp3) is 0.364. The van der Waals surface area contributed by atoms with Crippen molar-refractivity contribution in [3.8, 4) is 0 Å². The lowest BCUT2D eigenvalue weighted by Gasteiger charge is -2.11. The number of aliphatic carboxylic acids is 1. The Bertz CT molecular complexity index is 384. The molecule has 0 spiro atoms. The molecule has 5 heteroatoms. The van der Waals surface area contributed by atoms with Gasteiger partial charge in [-0.2, -0.15) is 0 Å². The minimum atomic E-state index is -0.883. The van der Waals surface area contributed by atoms with Gasteiger partial charge in [0.15, 0.2) is 0 Å². The maximum absolute atomic E-state index is 13.4. The molecule has 1 aromatic carbocycles. The highest BCUT2D eigenvalue weighted by Crippen LogP contribution is 2.17. The van der Waals surface area contributed by atoms with Gasteiger partial charge < -0.3 is 10.8 Å². The summed E-state index contributed by atoms with van der Waals surface area (Å²) in [7, 11) is 0. The van der Waals surface area contributed by atoms with Crippen LogP contribution in [0.25, 0.3) is 0 Å². The minimum Gasteiger partial charge on any atom is -0.481 e. The third kappa shape index (κ3) is 4.28. The van der Waals surface area contributed by atoms with Crippen LogP contribution in [0, 0.1) is 5.82 Å². The topological polar surface area (TPSA) is 63.3 Å². The molecule has 3 nitrogen and oxygen atoms in total. The molecule has 0 saturated heterocycles. The standard InChI is InChI=1S/C11H13BrFNO2/c12-8-2-1-7(10(13)6-8)5-9(14)3-4-11(15)16/h1-2,6,9H,3-5,14H2,(H,15,16). The number of carbonyl (C=O) groups is 1. The van der Waals surface area contributed by atoms with E-state index in [1.54, 1.807) is 12.1 Å². The van der Waals surface area contributed by atoms with Crippen LogP contribution in [-0.4, -0.2) is 17.1 Å². The Kier molecular flexibility index (Phi) is 4.89. The zero-order valence-corrected chi connectivity index (χ0v) is 10.2. The van der Waals surface area contributed by atoms with Crippen molar-refractivity contribution in [3.63, 3.8) is 0 Å². The second-order valence-corrected chi connectivity index (χ2v) is 4.55. The molecule has 0 saturated carbocycles. The summed E-state index contributed by atoms with van der Waals surface area (Å²) < 4.78 is 14.1. The highest BCUT2D eigenvalue weighted by Gasteiger charge is 2.10. The Morgan fingerprint density at radius 1 is 1.56 bits per heavy atom. The molecule has 1 unspecified atom stereocenters. The van der Waals surface area contributed by atoms with E-state index in [1.165, 1.54) is 6.07 Å². The van der Waals surface area contributed by atoms with Crippen LogP contribution in [0.15, 0.2) is 22.7 Å². The Morgan fingerprint density at radius 2 is 2.25 bits per heavy atom. The summed E-state index contributed by atoms with van der Waals surface area (Å²) in [6.45, 7) is 0. The van der Waals surface area contributed by atoms with Crippen LogP contribution in [-0.2, 0) is 11.2 Å². The molecule has 88 valence electrons. The van der Waals surface area contributed by atoms with Gasteiger partial charge in [-0.05, 0) is 30.5 Å². The van der Waals surface area contributed by atoms with E-state index >= 15 is 0 Å². The van der Waals surface area contributed by atoms with Crippen LogP contribution in [0.3, 0.4) is 0 Å². The van der Waals surface area contributed by atoms with Gasteiger partial charge in [-0.1, -0.05) is 22.0 Å². The first-order chi connectivity index (χ1) is 7.49. The fourth-order valence-electron chi connectivity index (χ4n) is 1.38. The Morgan fingerprint density at radius 3 is 2.81 bits per heavy atom. The molecule has 0 aromatic heterocycles. The second-order valence-electron chi connectivity index (χ2n) is 3.63. The Balaban J connectivity index is 2.55. The van der Waals surface area contributed by atoms with E-state index in [2.05, 4.69) is 15.9 Å². The van der Waals surface area contributed by atoms with Crippen molar-refractivity contribution < 1.29 is 14.3 Å². The normalized spacial score (nSPS) is 12.4. The molecule has 0 amide bonds. The molecule has 0 bridgehead atoms. The molecule has 0 aliphatic heterocycles. The largest absolute Gasteiger partial charge is 0.481 e. The van der Waals surface area contributed by atoms with Gasteiger partial charge in [0, 0.05) is 16.9 Å². The number of carboxylic acids is 1. The highest BCUT2D eigenvalue weighted by molar-refractivity contribution is 9.10. The van der Waals surface area contributed by atoms with E-state index in [0.29, 0.717) is 22.9 Å². The number of halogens is 2. The zero-order chi connectivity index (χ0) is 12.1. The van der Waals surface area contributed by atoms with Crippen LogP contribution in [0.5, 0.6) is 0 Å². The van der Waals surface area contributed by atoms with Crippen molar-refractivity contribution in [2.45, 2.75) is 25.3 Å². The fourth-order valence-corrected chi connectivity index (χ4v) is 1.71. The number of hydrogen-bond acceptors (Lipinski definition) is 2. The van der Waals surface area contributed by atoms with E-state index in [0.717, 1.165) is 0 Å². The summed E-state index contributed by atoms with van der Waals surface area (Å²) in [5.41, 5.74) is 6.23. The number of nitrogens with two attached hydrogens (primary N) is 1. The lowest BCUT2D eigenvalue weighted by atomic mass is 10.0. The zero-order valence-electron chi connectivity index (χ0n) is 8.62. The van der Waals surface area contributed by atoms with Crippen molar-refractivity contribution in [1.82, 2.24) is 0 Å². The van der Waals surface area contributed by atoms with Crippen LogP contribution in [0.4, 0.5) is 4.39 Å². The third-order valence-corrected chi connectivity index (χ3v) is 2.72.